The highest BCUT2D eigenvalue weighted by molar-refractivity contribution is 14.1. The highest BCUT2D eigenvalue weighted by Crippen LogP contribution is 2.26. The van der Waals surface area contributed by atoms with Crippen molar-refractivity contribution >= 4 is 34.6 Å². The Balaban J connectivity index is 2.29. The van der Waals surface area contributed by atoms with Gasteiger partial charge in [0.25, 0.3) is 5.95 Å². The van der Waals surface area contributed by atoms with E-state index >= 15 is 0 Å². The Morgan fingerprint density at radius 2 is 2.04 bits per heavy atom. The van der Waals surface area contributed by atoms with Crippen molar-refractivity contribution in [3.8, 4) is 11.4 Å². The predicted molar refractivity (Wildman–Crippen MR) is 93.7 cm³/mol. The molecule has 0 atom stereocenters. The van der Waals surface area contributed by atoms with Gasteiger partial charge in [0.05, 0.1) is 5.56 Å². The number of nitrogens with zero attached hydrogens (tertiary/aromatic N) is 3. The summed E-state index contributed by atoms with van der Waals surface area (Å²) in [6, 6.07) is 3.15. The van der Waals surface area contributed by atoms with Crippen LogP contribution in [-0.4, -0.2) is 26.5 Å². The molecule has 2 rings (SSSR count). The van der Waals surface area contributed by atoms with Gasteiger partial charge in [0, 0.05) is 10.6 Å². The normalized spacial score (nSPS) is 11.4. The van der Waals surface area contributed by atoms with Gasteiger partial charge in [-0.2, -0.15) is 4.98 Å². The number of rotatable bonds is 2. The number of hydrogen-bond donors (Lipinski definition) is 1. The fourth-order valence-electron chi connectivity index (χ4n) is 1.88. The van der Waals surface area contributed by atoms with Crippen molar-refractivity contribution in [1.29, 1.82) is 0 Å². The Morgan fingerprint density at radius 1 is 1.39 bits per heavy atom. The van der Waals surface area contributed by atoms with Crippen molar-refractivity contribution < 1.29 is 13.9 Å². The summed E-state index contributed by atoms with van der Waals surface area (Å²) < 4.78 is 21.7. The van der Waals surface area contributed by atoms with E-state index < -0.39 is 11.7 Å². The number of anilines is 1. The second-order valence-electron chi connectivity index (χ2n) is 6.09. The zero-order chi connectivity index (χ0) is 17.4. The average molecular weight is 432 g/mol. The van der Waals surface area contributed by atoms with Crippen LogP contribution in [0.5, 0.6) is 0 Å². The number of benzene rings is 1. The Kier molecular flexibility index (Phi) is 4.92. The van der Waals surface area contributed by atoms with Gasteiger partial charge in [-0.3, -0.25) is 5.32 Å². The van der Waals surface area contributed by atoms with Gasteiger partial charge in [0.15, 0.2) is 5.82 Å². The maximum atomic E-state index is 14.2. The molecule has 0 spiro atoms. The smallest absolute Gasteiger partial charge is 0.414 e. The molecule has 0 radical (unpaired) electrons. The predicted octanol–water partition coefficient (Wildman–Crippen LogP) is 3.88. The molecular formula is C15H18FIN4O2. The molecule has 8 heteroatoms. The third-order valence-corrected chi connectivity index (χ3v) is 4.03. The second-order valence-corrected chi connectivity index (χ2v) is 7.25. The maximum absolute atomic E-state index is 14.2. The number of nitrogens with one attached hydrogen (secondary N) is 1. The molecule has 0 bridgehead atoms. The number of aromatic nitrogens is 3. The quantitative estimate of drug-likeness (QED) is 0.732. The minimum atomic E-state index is -0.659. The van der Waals surface area contributed by atoms with Crippen molar-refractivity contribution in [2.24, 2.45) is 7.05 Å². The first kappa shape index (κ1) is 17.6. The van der Waals surface area contributed by atoms with Gasteiger partial charge < -0.3 is 4.74 Å². The van der Waals surface area contributed by atoms with E-state index in [1.165, 1.54) is 10.7 Å². The van der Waals surface area contributed by atoms with E-state index in [-0.39, 0.29) is 11.8 Å². The number of halogens is 2. The maximum Gasteiger partial charge on any atom is 0.414 e. The SMILES string of the molecule is Cc1cc(F)c(-c2nc(NC(=O)OC(C)(C)C)nn2C)cc1I. The molecule has 23 heavy (non-hydrogen) atoms. The minimum absolute atomic E-state index is 0.0618. The molecule has 0 unspecified atom stereocenters. The highest BCUT2D eigenvalue weighted by Gasteiger charge is 2.20. The van der Waals surface area contributed by atoms with Gasteiger partial charge in [-0.05, 0) is 68.0 Å². The Morgan fingerprint density at radius 3 is 2.65 bits per heavy atom. The number of amides is 1. The van der Waals surface area contributed by atoms with Crippen molar-refractivity contribution in [3.63, 3.8) is 0 Å². The Labute approximate surface area is 147 Å². The molecule has 0 fully saturated rings. The molecule has 0 aliphatic heterocycles. The van der Waals surface area contributed by atoms with Crippen LogP contribution >= 0.6 is 22.6 Å². The first-order valence-electron chi connectivity index (χ1n) is 6.94. The van der Waals surface area contributed by atoms with Crippen LogP contribution in [-0.2, 0) is 11.8 Å². The van der Waals surface area contributed by atoms with Gasteiger partial charge in [-0.15, -0.1) is 5.10 Å². The molecule has 0 saturated heterocycles. The number of carbonyl (C=O) groups is 1. The summed E-state index contributed by atoms with van der Waals surface area (Å²) in [5.74, 6) is 0.000409. The van der Waals surface area contributed by atoms with E-state index in [1.54, 1.807) is 33.9 Å². The molecule has 0 aliphatic carbocycles. The van der Waals surface area contributed by atoms with Crippen LogP contribution in [0.1, 0.15) is 26.3 Å². The van der Waals surface area contributed by atoms with Crippen LogP contribution in [0.15, 0.2) is 12.1 Å². The molecule has 2 aromatic rings. The average Bonchev–Trinajstić information content (AvgIpc) is 2.72. The Hall–Kier alpha value is -1.71. The van der Waals surface area contributed by atoms with E-state index in [0.717, 1.165) is 9.13 Å². The summed E-state index contributed by atoms with van der Waals surface area (Å²) in [6.45, 7) is 7.11. The van der Waals surface area contributed by atoms with Gasteiger partial charge in [-0.1, -0.05) is 0 Å². The highest BCUT2D eigenvalue weighted by atomic mass is 127. The van der Waals surface area contributed by atoms with Crippen LogP contribution in [0.3, 0.4) is 0 Å². The van der Waals surface area contributed by atoms with E-state index in [0.29, 0.717) is 11.4 Å². The minimum Gasteiger partial charge on any atom is -0.444 e. The van der Waals surface area contributed by atoms with Crippen LogP contribution < -0.4 is 5.32 Å². The van der Waals surface area contributed by atoms with Gasteiger partial charge in [0.1, 0.15) is 11.4 Å². The van der Waals surface area contributed by atoms with Crippen molar-refractivity contribution in [2.45, 2.75) is 33.3 Å². The molecule has 1 N–H and O–H groups in total. The summed E-state index contributed by atoms with van der Waals surface area (Å²) in [7, 11) is 1.63. The standard InChI is InChI=1S/C15H18FIN4O2/c1-8-6-10(16)9(7-11(8)17)12-18-13(20-21(12)5)19-14(22)23-15(2,3)4/h6-7H,1-5H3,(H,19,20,22). The topological polar surface area (TPSA) is 69.0 Å². The summed E-state index contributed by atoms with van der Waals surface area (Å²) in [5, 5.41) is 6.52. The van der Waals surface area contributed by atoms with Gasteiger partial charge >= 0.3 is 6.09 Å². The number of ether oxygens (including phenoxy) is 1. The third-order valence-electron chi connectivity index (χ3n) is 2.87. The van der Waals surface area contributed by atoms with Crippen LogP contribution in [0.25, 0.3) is 11.4 Å². The summed E-state index contributed by atoms with van der Waals surface area (Å²) in [4.78, 5) is 15.9. The van der Waals surface area contributed by atoms with Crippen molar-refractivity contribution in [2.75, 3.05) is 5.32 Å². The summed E-state index contributed by atoms with van der Waals surface area (Å²) in [5.41, 5.74) is 0.550. The fraction of sp³-hybridized carbons (Fsp3) is 0.400. The lowest BCUT2D eigenvalue weighted by atomic mass is 10.1. The Bertz CT molecular complexity index is 753. The molecule has 6 nitrogen and oxygen atoms in total. The lowest BCUT2D eigenvalue weighted by Crippen LogP contribution is -2.27. The number of aryl methyl sites for hydroxylation is 2. The molecule has 1 aromatic heterocycles. The van der Waals surface area contributed by atoms with E-state index in [9.17, 15) is 9.18 Å². The zero-order valence-corrected chi connectivity index (χ0v) is 15.7. The number of hydrogen-bond acceptors (Lipinski definition) is 4. The molecular weight excluding hydrogens is 414 g/mol. The molecule has 0 aliphatic rings. The lowest BCUT2D eigenvalue weighted by Gasteiger charge is -2.18. The van der Waals surface area contributed by atoms with Crippen molar-refractivity contribution in [3.05, 3.63) is 27.1 Å². The largest absolute Gasteiger partial charge is 0.444 e. The summed E-state index contributed by atoms with van der Waals surface area (Å²) >= 11 is 2.13. The van der Waals surface area contributed by atoms with Crippen LogP contribution in [0, 0.1) is 16.3 Å². The number of carbonyl (C=O) groups excluding carboxylic acids is 1. The van der Waals surface area contributed by atoms with Gasteiger partial charge in [0.2, 0.25) is 0 Å². The first-order chi connectivity index (χ1) is 10.6. The zero-order valence-electron chi connectivity index (χ0n) is 13.6. The van der Waals surface area contributed by atoms with Crippen LogP contribution in [0.4, 0.5) is 15.1 Å². The molecule has 1 aromatic carbocycles. The van der Waals surface area contributed by atoms with Crippen LogP contribution in [0.2, 0.25) is 0 Å². The molecule has 124 valence electrons. The van der Waals surface area contributed by atoms with E-state index in [1.807, 2.05) is 6.92 Å². The lowest BCUT2D eigenvalue weighted by molar-refractivity contribution is 0.0634. The monoisotopic (exact) mass is 432 g/mol. The molecule has 1 heterocycles. The van der Waals surface area contributed by atoms with E-state index in [2.05, 4.69) is 38.0 Å². The fourth-order valence-corrected chi connectivity index (χ4v) is 2.35. The second kappa shape index (κ2) is 6.42. The molecule has 1 amide bonds. The van der Waals surface area contributed by atoms with Crippen molar-refractivity contribution in [1.82, 2.24) is 14.8 Å². The van der Waals surface area contributed by atoms with E-state index in [4.69, 9.17) is 4.74 Å². The first-order valence-corrected chi connectivity index (χ1v) is 8.02. The third kappa shape index (κ3) is 4.40. The summed E-state index contributed by atoms with van der Waals surface area (Å²) in [6.07, 6.45) is -0.659. The molecule has 0 saturated carbocycles. The van der Waals surface area contributed by atoms with Gasteiger partial charge in [-0.25, -0.2) is 13.9 Å².